The van der Waals surface area contributed by atoms with Crippen LogP contribution in [0, 0.1) is 25.7 Å². The van der Waals surface area contributed by atoms with E-state index in [-0.39, 0.29) is 17.9 Å². The van der Waals surface area contributed by atoms with Crippen molar-refractivity contribution < 1.29 is 9.59 Å². The van der Waals surface area contributed by atoms with Crippen molar-refractivity contribution in [3.05, 3.63) is 64.7 Å². The van der Waals surface area contributed by atoms with Gasteiger partial charge in [-0.25, -0.2) is 4.79 Å². The maximum absolute atomic E-state index is 12.1. The molecule has 0 aliphatic carbocycles. The Balaban J connectivity index is 1.99. The number of benzene rings is 2. The molecule has 1 atom stereocenters. The van der Waals surface area contributed by atoms with E-state index in [4.69, 9.17) is 0 Å². The van der Waals surface area contributed by atoms with Crippen LogP contribution < -0.4 is 10.6 Å². The fourth-order valence-electron chi connectivity index (χ4n) is 2.27. The highest BCUT2D eigenvalue weighted by Gasteiger charge is 2.07. The maximum atomic E-state index is 12.1. The summed E-state index contributed by atoms with van der Waals surface area (Å²) < 4.78 is 0. The Bertz CT molecular complexity index is 860. The number of anilines is 1. The van der Waals surface area contributed by atoms with E-state index in [0.29, 0.717) is 5.56 Å². The third-order valence-electron chi connectivity index (χ3n) is 3.69. The molecular weight excluding hydrogens is 312 g/mol. The Morgan fingerprint density at radius 3 is 2.56 bits per heavy atom. The van der Waals surface area contributed by atoms with Gasteiger partial charge >= 0.3 is 6.03 Å². The van der Waals surface area contributed by atoms with Crippen molar-refractivity contribution in [2.24, 2.45) is 0 Å². The molecule has 0 spiro atoms. The van der Waals surface area contributed by atoms with Crippen molar-refractivity contribution in [2.75, 3.05) is 5.32 Å². The third-order valence-corrected chi connectivity index (χ3v) is 3.69. The molecule has 2 aromatic rings. The topological polar surface area (TPSA) is 58.2 Å². The molecule has 0 saturated heterocycles. The van der Waals surface area contributed by atoms with Crippen LogP contribution in [0.1, 0.15) is 40.9 Å². The first kappa shape index (κ1) is 18.3. The number of urea groups is 1. The zero-order chi connectivity index (χ0) is 18.4. The van der Waals surface area contributed by atoms with Crippen LogP contribution in [0.15, 0.2) is 42.5 Å². The second kappa shape index (κ2) is 8.16. The first-order chi connectivity index (χ1) is 11.8. The molecule has 0 heterocycles. The van der Waals surface area contributed by atoms with E-state index in [2.05, 4.69) is 22.5 Å². The van der Waals surface area contributed by atoms with E-state index in [0.717, 1.165) is 22.4 Å². The molecule has 2 amide bonds. The number of hydrogen-bond acceptors (Lipinski definition) is 2. The lowest BCUT2D eigenvalue weighted by Gasteiger charge is -2.12. The molecule has 2 N–H and O–H groups in total. The number of rotatable bonds is 3. The van der Waals surface area contributed by atoms with Gasteiger partial charge in [-0.1, -0.05) is 36.1 Å². The van der Waals surface area contributed by atoms with Gasteiger partial charge < -0.3 is 10.6 Å². The molecule has 0 radical (unpaired) electrons. The minimum Gasteiger partial charge on any atom is -0.325 e. The first-order valence-corrected chi connectivity index (χ1v) is 8.12. The van der Waals surface area contributed by atoms with Gasteiger partial charge in [-0.05, 0) is 57.0 Å². The molecule has 0 fully saturated rings. The van der Waals surface area contributed by atoms with Gasteiger partial charge in [-0.3, -0.25) is 4.79 Å². The monoisotopic (exact) mass is 334 g/mol. The van der Waals surface area contributed by atoms with Crippen molar-refractivity contribution in [1.82, 2.24) is 5.32 Å². The molecule has 1 unspecified atom stereocenters. The van der Waals surface area contributed by atoms with Gasteiger partial charge in [0, 0.05) is 16.8 Å². The zero-order valence-electron chi connectivity index (χ0n) is 14.9. The quantitative estimate of drug-likeness (QED) is 0.657. The molecule has 0 aliphatic heterocycles. The molecule has 128 valence electrons. The SMILES string of the molecule is CC(=O)c1cccc(C#CC(C)NC(=O)Nc2cc(C)ccc2C)c1. The molecule has 4 nitrogen and oxygen atoms in total. The largest absolute Gasteiger partial charge is 0.325 e. The Morgan fingerprint density at radius 2 is 1.84 bits per heavy atom. The van der Waals surface area contributed by atoms with Crippen molar-refractivity contribution in [3.63, 3.8) is 0 Å². The predicted molar refractivity (Wildman–Crippen MR) is 101 cm³/mol. The van der Waals surface area contributed by atoms with Crippen LogP contribution in [0.5, 0.6) is 0 Å². The molecule has 0 aliphatic rings. The van der Waals surface area contributed by atoms with Crippen molar-refractivity contribution in [1.29, 1.82) is 0 Å². The lowest BCUT2D eigenvalue weighted by atomic mass is 10.1. The van der Waals surface area contributed by atoms with E-state index < -0.39 is 0 Å². The molecule has 0 bridgehead atoms. The fourth-order valence-corrected chi connectivity index (χ4v) is 2.27. The lowest BCUT2D eigenvalue weighted by Crippen LogP contribution is -2.35. The van der Waals surface area contributed by atoms with Gasteiger partial charge in [0.2, 0.25) is 0 Å². The van der Waals surface area contributed by atoms with Crippen molar-refractivity contribution in [3.8, 4) is 11.8 Å². The summed E-state index contributed by atoms with van der Waals surface area (Å²) in [6.07, 6.45) is 0. The second-order valence-corrected chi connectivity index (χ2v) is 6.04. The van der Waals surface area contributed by atoms with Gasteiger partial charge in [0.15, 0.2) is 5.78 Å². The maximum Gasteiger partial charge on any atom is 0.320 e. The predicted octanol–water partition coefficient (Wildman–Crippen LogP) is 4.07. The molecule has 4 heteroatoms. The Morgan fingerprint density at radius 1 is 1.08 bits per heavy atom. The van der Waals surface area contributed by atoms with Crippen molar-refractivity contribution in [2.45, 2.75) is 33.7 Å². The number of nitrogens with one attached hydrogen (secondary N) is 2. The van der Waals surface area contributed by atoms with Gasteiger partial charge in [-0.2, -0.15) is 0 Å². The second-order valence-electron chi connectivity index (χ2n) is 6.04. The fraction of sp³-hybridized carbons (Fsp3) is 0.238. The highest BCUT2D eigenvalue weighted by atomic mass is 16.2. The molecule has 2 aromatic carbocycles. The summed E-state index contributed by atoms with van der Waals surface area (Å²) in [7, 11) is 0. The number of hydrogen-bond donors (Lipinski definition) is 2. The number of ketones is 1. The Hall–Kier alpha value is -3.06. The minimum atomic E-state index is -0.328. The summed E-state index contributed by atoms with van der Waals surface area (Å²) in [6.45, 7) is 7.25. The Labute approximate surface area is 148 Å². The number of Topliss-reactive ketones (excluding diaryl/α,β-unsaturated/α-hetero) is 1. The summed E-state index contributed by atoms with van der Waals surface area (Å²) in [6, 6.07) is 12.4. The average Bonchev–Trinajstić information content (AvgIpc) is 2.56. The van der Waals surface area contributed by atoms with Crippen LogP contribution in [0.25, 0.3) is 0 Å². The Kier molecular flexibility index (Phi) is 5.97. The number of amides is 2. The van der Waals surface area contributed by atoms with Crippen LogP contribution >= 0.6 is 0 Å². The summed E-state index contributed by atoms with van der Waals surface area (Å²) in [4.78, 5) is 23.5. The highest BCUT2D eigenvalue weighted by molar-refractivity contribution is 5.94. The van der Waals surface area contributed by atoms with Crippen LogP contribution in [-0.4, -0.2) is 17.9 Å². The summed E-state index contributed by atoms with van der Waals surface area (Å²) in [5.41, 5.74) is 4.24. The summed E-state index contributed by atoms with van der Waals surface area (Å²) in [5, 5.41) is 5.63. The smallest absolute Gasteiger partial charge is 0.320 e. The molecular formula is C21H22N2O2. The van der Waals surface area contributed by atoms with Gasteiger partial charge in [0.05, 0.1) is 6.04 Å². The molecule has 25 heavy (non-hydrogen) atoms. The van der Waals surface area contributed by atoms with Crippen LogP contribution in [0.3, 0.4) is 0 Å². The van der Waals surface area contributed by atoms with E-state index in [1.54, 1.807) is 18.2 Å². The zero-order valence-corrected chi connectivity index (χ0v) is 14.9. The molecule has 0 aromatic heterocycles. The number of aryl methyl sites for hydroxylation is 2. The van der Waals surface area contributed by atoms with E-state index in [1.165, 1.54) is 6.92 Å². The molecule has 2 rings (SSSR count). The van der Waals surface area contributed by atoms with Gasteiger partial charge in [0.25, 0.3) is 0 Å². The normalized spacial score (nSPS) is 11.0. The number of carbonyl (C=O) groups excluding carboxylic acids is 2. The van der Waals surface area contributed by atoms with E-state index in [9.17, 15) is 9.59 Å². The van der Waals surface area contributed by atoms with Crippen molar-refractivity contribution >= 4 is 17.5 Å². The summed E-state index contributed by atoms with van der Waals surface area (Å²) >= 11 is 0. The average molecular weight is 334 g/mol. The van der Waals surface area contributed by atoms with E-state index >= 15 is 0 Å². The van der Waals surface area contributed by atoms with Crippen LogP contribution in [-0.2, 0) is 0 Å². The van der Waals surface area contributed by atoms with E-state index in [1.807, 2.05) is 45.0 Å². The number of carbonyl (C=O) groups is 2. The summed E-state index contributed by atoms with van der Waals surface area (Å²) in [5.74, 6) is 5.96. The van der Waals surface area contributed by atoms with Gasteiger partial charge in [0.1, 0.15) is 0 Å². The first-order valence-electron chi connectivity index (χ1n) is 8.12. The van der Waals surface area contributed by atoms with Crippen LogP contribution in [0.2, 0.25) is 0 Å². The van der Waals surface area contributed by atoms with Crippen LogP contribution in [0.4, 0.5) is 10.5 Å². The van der Waals surface area contributed by atoms with Gasteiger partial charge in [-0.15, -0.1) is 0 Å². The molecule has 0 saturated carbocycles. The lowest BCUT2D eigenvalue weighted by molar-refractivity contribution is 0.101. The standard InChI is InChI=1S/C21H22N2O2/c1-14-8-9-15(2)20(12-14)23-21(25)22-16(3)10-11-18-6-5-7-19(13-18)17(4)24/h5-9,12-13,16H,1-4H3,(H2,22,23,25). The third kappa shape index (κ3) is 5.50. The highest BCUT2D eigenvalue weighted by Crippen LogP contribution is 2.16. The minimum absolute atomic E-state index is 0.00252.